The Morgan fingerprint density at radius 2 is 1.85 bits per heavy atom. The van der Waals surface area contributed by atoms with Crippen LogP contribution in [0.15, 0.2) is 48.3 Å². The molecule has 0 bridgehead atoms. The third-order valence-corrected chi connectivity index (χ3v) is 6.99. The van der Waals surface area contributed by atoms with Gasteiger partial charge < -0.3 is 14.6 Å². The van der Waals surface area contributed by atoms with Crippen LogP contribution in [0.25, 0.3) is 5.76 Å². The van der Waals surface area contributed by atoms with Crippen molar-refractivity contribution in [3.8, 4) is 0 Å². The number of aryl methyl sites for hydroxylation is 1. The van der Waals surface area contributed by atoms with E-state index in [1.165, 1.54) is 4.31 Å². The molecule has 0 radical (unpaired) electrons. The molecule has 2 rings (SSSR count). The second kappa shape index (κ2) is 11.5. The Morgan fingerprint density at radius 3 is 2.36 bits per heavy atom. The Morgan fingerprint density at radius 1 is 1.24 bits per heavy atom. The lowest BCUT2D eigenvalue weighted by molar-refractivity contribution is -0.155. The number of hydrogen-bond acceptors (Lipinski definition) is 6. The number of aliphatic imine (C=N–C) groups is 1. The van der Waals surface area contributed by atoms with Crippen molar-refractivity contribution >= 4 is 27.6 Å². The first-order valence-corrected chi connectivity index (χ1v) is 12.8. The molecule has 1 N–H and O–H groups in total. The molecule has 0 aliphatic carbocycles. The summed E-state index contributed by atoms with van der Waals surface area (Å²) >= 11 is 0. The third kappa shape index (κ3) is 7.43. The number of sulfonamides is 1. The monoisotopic (exact) mass is 478 g/mol. The summed E-state index contributed by atoms with van der Waals surface area (Å²) in [7, 11) is -3.64. The van der Waals surface area contributed by atoms with E-state index in [-0.39, 0.29) is 18.3 Å². The van der Waals surface area contributed by atoms with E-state index in [4.69, 9.17) is 9.47 Å². The van der Waals surface area contributed by atoms with Crippen LogP contribution in [0.1, 0.15) is 50.2 Å². The molecule has 8 nitrogen and oxygen atoms in total. The van der Waals surface area contributed by atoms with Crippen molar-refractivity contribution in [2.24, 2.45) is 10.4 Å². The van der Waals surface area contributed by atoms with E-state index < -0.39 is 21.4 Å². The summed E-state index contributed by atoms with van der Waals surface area (Å²) in [5.41, 5.74) is 0.986. The van der Waals surface area contributed by atoms with Crippen molar-refractivity contribution in [1.29, 1.82) is 0 Å². The number of carboxylic acid groups (broad SMARTS) is 1. The topological polar surface area (TPSA) is 106 Å². The fourth-order valence-electron chi connectivity index (χ4n) is 3.80. The quantitative estimate of drug-likeness (QED) is 0.290. The number of carboxylic acids is 1. The second-order valence-corrected chi connectivity index (χ2v) is 10.2. The first-order chi connectivity index (χ1) is 15.5. The van der Waals surface area contributed by atoms with E-state index in [0.717, 1.165) is 17.4 Å². The highest BCUT2D eigenvalue weighted by Gasteiger charge is 2.39. The average Bonchev–Trinajstić information content (AvgIpc) is 2.75. The van der Waals surface area contributed by atoms with Crippen molar-refractivity contribution in [2.75, 3.05) is 26.0 Å². The van der Waals surface area contributed by atoms with Gasteiger partial charge >= 0.3 is 5.97 Å². The van der Waals surface area contributed by atoms with Crippen LogP contribution < -0.4 is 0 Å². The highest BCUT2D eigenvalue weighted by Crippen LogP contribution is 2.36. The van der Waals surface area contributed by atoms with Gasteiger partial charge in [0.15, 0.2) is 0 Å². The zero-order valence-corrected chi connectivity index (χ0v) is 20.5. The molecule has 33 heavy (non-hydrogen) atoms. The molecule has 1 aliphatic rings. The Labute approximate surface area is 196 Å². The molecular weight excluding hydrogens is 444 g/mol. The fraction of sp³-hybridized carbons (Fsp3) is 0.500. The van der Waals surface area contributed by atoms with Crippen LogP contribution in [0.2, 0.25) is 0 Å². The Bertz CT molecular complexity index is 992. The second-order valence-electron chi connectivity index (χ2n) is 8.30. The third-order valence-electron chi connectivity index (χ3n) is 5.79. The maximum Gasteiger partial charge on any atom is 0.309 e. The predicted octanol–water partition coefficient (Wildman–Crippen LogP) is 4.19. The molecule has 0 saturated carbocycles. The van der Waals surface area contributed by atoms with Gasteiger partial charge in [-0.05, 0) is 39.2 Å². The summed E-state index contributed by atoms with van der Waals surface area (Å²) in [6.07, 6.45) is 3.00. The summed E-state index contributed by atoms with van der Waals surface area (Å²) < 4.78 is 37.1. The number of hydrogen-bond donors (Lipinski definition) is 1. The molecule has 0 aromatic heterocycles. The van der Waals surface area contributed by atoms with E-state index in [1.54, 1.807) is 6.92 Å². The van der Waals surface area contributed by atoms with E-state index in [0.29, 0.717) is 51.1 Å². The first kappa shape index (κ1) is 26.6. The Balaban J connectivity index is 2.11. The summed E-state index contributed by atoms with van der Waals surface area (Å²) in [5.74, 6) is -0.210. The standard InChI is InChI=1S/C24H34N2O6S/c1-6-22(25-20(4)32-19(3)21-10-8-18(2)9-11-21)26(33(5,29)30)15-7-12-24(23(27)28)13-16-31-17-14-24/h8-11H,3-4,6-7,12-17H2,1-2,5H3,(H,27,28). The van der Waals surface area contributed by atoms with Crippen molar-refractivity contribution in [3.63, 3.8) is 0 Å². The molecule has 1 saturated heterocycles. The predicted molar refractivity (Wildman–Crippen MR) is 129 cm³/mol. The molecule has 0 amide bonds. The van der Waals surface area contributed by atoms with Gasteiger partial charge in [0.25, 0.3) is 0 Å². The number of rotatable bonds is 11. The van der Waals surface area contributed by atoms with Gasteiger partial charge in [-0.25, -0.2) is 8.42 Å². The number of amidine groups is 1. The van der Waals surface area contributed by atoms with Gasteiger partial charge in [-0.2, -0.15) is 4.99 Å². The maximum atomic E-state index is 12.5. The highest BCUT2D eigenvalue weighted by molar-refractivity contribution is 7.88. The lowest BCUT2D eigenvalue weighted by Crippen LogP contribution is -2.40. The summed E-state index contributed by atoms with van der Waals surface area (Å²) in [4.78, 5) is 16.2. The number of carbonyl (C=O) groups is 1. The number of benzene rings is 1. The largest absolute Gasteiger partial charge is 0.481 e. The van der Waals surface area contributed by atoms with Gasteiger partial charge in [-0.15, -0.1) is 0 Å². The molecule has 0 spiro atoms. The lowest BCUT2D eigenvalue weighted by atomic mass is 9.76. The maximum absolute atomic E-state index is 12.5. The van der Waals surface area contributed by atoms with Gasteiger partial charge in [0, 0.05) is 31.7 Å². The molecule has 1 heterocycles. The van der Waals surface area contributed by atoms with Crippen molar-refractivity contribution in [1.82, 2.24) is 4.31 Å². The average molecular weight is 479 g/mol. The van der Waals surface area contributed by atoms with Gasteiger partial charge in [0.1, 0.15) is 11.6 Å². The van der Waals surface area contributed by atoms with Gasteiger partial charge in [0.05, 0.1) is 11.7 Å². The van der Waals surface area contributed by atoms with Crippen LogP contribution in [0.5, 0.6) is 0 Å². The molecule has 1 fully saturated rings. The number of aliphatic carboxylic acids is 1. The highest BCUT2D eigenvalue weighted by atomic mass is 32.2. The Hall–Kier alpha value is -2.65. The zero-order chi connectivity index (χ0) is 24.6. The number of ether oxygens (including phenoxy) is 2. The molecule has 1 aromatic rings. The summed E-state index contributed by atoms with van der Waals surface area (Å²) in [6.45, 7) is 12.4. The molecule has 182 valence electrons. The van der Waals surface area contributed by atoms with Crippen molar-refractivity contribution < 1.29 is 27.8 Å². The van der Waals surface area contributed by atoms with Gasteiger partial charge in [0.2, 0.25) is 15.9 Å². The minimum absolute atomic E-state index is 0.0255. The molecule has 9 heteroatoms. The van der Waals surface area contributed by atoms with Crippen LogP contribution >= 0.6 is 0 Å². The van der Waals surface area contributed by atoms with Crippen LogP contribution in [-0.4, -0.2) is 55.6 Å². The van der Waals surface area contributed by atoms with E-state index in [2.05, 4.69) is 18.2 Å². The number of nitrogens with zero attached hydrogens (tertiary/aromatic N) is 2. The van der Waals surface area contributed by atoms with Crippen LogP contribution in [0.4, 0.5) is 0 Å². The first-order valence-electron chi connectivity index (χ1n) is 11.0. The van der Waals surface area contributed by atoms with E-state index in [1.807, 2.05) is 31.2 Å². The SMILES string of the molecule is C=C(N=C(CC)N(CCCC1(C(=O)O)CCOCC1)S(C)(=O)=O)OC(=C)c1ccc(C)cc1. The van der Waals surface area contributed by atoms with Crippen LogP contribution in [0.3, 0.4) is 0 Å². The van der Waals surface area contributed by atoms with Crippen molar-refractivity contribution in [3.05, 3.63) is 54.4 Å². The van der Waals surface area contributed by atoms with Gasteiger partial charge in [-0.3, -0.25) is 9.10 Å². The zero-order valence-electron chi connectivity index (χ0n) is 19.7. The van der Waals surface area contributed by atoms with E-state index >= 15 is 0 Å². The van der Waals surface area contributed by atoms with Gasteiger partial charge in [-0.1, -0.05) is 43.3 Å². The molecule has 1 aliphatic heterocycles. The Kier molecular flexibility index (Phi) is 9.25. The minimum atomic E-state index is -3.64. The fourth-order valence-corrected chi connectivity index (χ4v) is 4.81. The minimum Gasteiger partial charge on any atom is -0.481 e. The normalized spacial score (nSPS) is 16.2. The van der Waals surface area contributed by atoms with Crippen LogP contribution in [-0.2, 0) is 24.3 Å². The molecule has 1 aromatic carbocycles. The molecular formula is C24H34N2O6S. The summed E-state index contributed by atoms with van der Waals surface area (Å²) in [6, 6.07) is 7.60. The molecule has 0 unspecified atom stereocenters. The smallest absolute Gasteiger partial charge is 0.309 e. The van der Waals surface area contributed by atoms with E-state index in [9.17, 15) is 18.3 Å². The lowest BCUT2D eigenvalue weighted by Gasteiger charge is -2.34. The summed E-state index contributed by atoms with van der Waals surface area (Å²) in [5, 5.41) is 9.73. The molecule has 0 atom stereocenters. The van der Waals surface area contributed by atoms with Crippen molar-refractivity contribution in [2.45, 2.75) is 46.0 Å². The van der Waals surface area contributed by atoms with Crippen LogP contribution in [0, 0.1) is 12.3 Å².